The van der Waals surface area contributed by atoms with Gasteiger partial charge in [-0.15, -0.1) is 0 Å². The van der Waals surface area contributed by atoms with Crippen LogP contribution >= 0.6 is 0 Å². The van der Waals surface area contributed by atoms with Crippen molar-refractivity contribution in [1.82, 2.24) is 0 Å². The fourth-order valence-corrected chi connectivity index (χ4v) is 2.17. The molecule has 0 saturated heterocycles. The summed E-state index contributed by atoms with van der Waals surface area (Å²) in [6, 6.07) is 0. The van der Waals surface area contributed by atoms with Crippen molar-refractivity contribution in [2.75, 3.05) is 6.61 Å². The Kier molecular flexibility index (Phi) is 12.7. The smallest absolute Gasteiger partial charge is 0.0541 e. The van der Waals surface area contributed by atoms with Crippen molar-refractivity contribution >= 4 is 0 Å². The third kappa shape index (κ3) is 12.6. The van der Waals surface area contributed by atoms with E-state index in [1.54, 1.807) is 0 Å². The maximum atomic E-state index is 9.77. The molecule has 3 atom stereocenters. The lowest BCUT2D eigenvalue weighted by Crippen LogP contribution is -2.12. The summed E-state index contributed by atoms with van der Waals surface area (Å²) in [5, 5.41) is 37.5. The van der Waals surface area contributed by atoms with Gasteiger partial charge in [0.15, 0.2) is 0 Å². The van der Waals surface area contributed by atoms with E-state index in [4.69, 9.17) is 5.11 Å². The Bertz CT molecular complexity index is 187. The van der Waals surface area contributed by atoms with E-state index in [0.29, 0.717) is 32.1 Å². The molecule has 0 spiro atoms. The van der Waals surface area contributed by atoms with Gasteiger partial charge in [0, 0.05) is 6.61 Å². The van der Waals surface area contributed by atoms with Gasteiger partial charge in [-0.25, -0.2) is 0 Å². The van der Waals surface area contributed by atoms with Crippen LogP contribution in [-0.2, 0) is 0 Å². The van der Waals surface area contributed by atoms with Gasteiger partial charge in [-0.05, 0) is 57.8 Å². The highest BCUT2D eigenvalue weighted by Gasteiger charge is 2.09. The lowest BCUT2D eigenvalue weighted by Gasteiger charge is -2.14. The molecule has 0 aromatic carbocycles. The molecule has 0 saturated carbocycles. The summed E-state index contributed by atoms with van der Waals surface area (Å²) in [5.41, 5.74) is 0. The molecule has 19 heavy (non-hydrogen) atoms. The highest BCUT2D eigenvalue weighted by Crippen LogP contribution is 2.13. The normalized spacial score (nSPS) is 16.3. The van der Waals surface area contributed by atoms with Crippen LogP contribution in [0.3, 0.4) is 0 Å². The van der Waals surface area contributed by atoms with Gasteiger partial charge in [0.25, 0.3) is 0 Å². The van der Waals surface area contributed by atoms with Crippen LogP contribution in [0.4, 0.5) is 0 Å². The first kappa shape index (κ1) is 18.8. The topological polar surface area (TPSA) is 80.9 Å². The van der Waals surface area contributed by atoms with Crippen LogP contribution in [-0.4, -0.2) is 45.3 Å². The monoisotopic (exact) mass is 275 g/mol. The zero-order chi connectivity index (χ0) is 14.5. The highest BCUT2D eigenvalue weighted by molar-refractivity contribution is 4.63. The summed E-state index contributed by atoms with van der Waals surface area (Å²) in [6.45, 7) is 3.82. The van der Waals surface area contributed by atoms with Crippen LogP contribution in [0.15, 0.2) is 0 Å². The molecule has 3 unspecified atom stereocenters. The fraction of sp³-hybridized carbons (Fsp3) is 0.933. The van der Waals surface area contributed by atoms with Crippen molar-refractivity contribution in [1.29, 1.82) is 0 Å². The summed E-state index contributed by atoms with van der Waals surface area (Å²) in [4.78, 5) is 0. The summed E-state index contributed by atoms with van der Waals surface area (Å²) in [5.74, 6) is 0. The Morgan fingerprint density at radius 1 is 0.632 bits per heavy atom. The first-order valence-electron chi connectivity index (χ1n) is 7.54. The standard InChI is InChI=1S/C15H31O4/c1-2-6-13(17)7-3-8-14(18)9-4-10-15(19)11-5-12-16/h13-19H,1-12H2. The molecule has 0 amide bonds. The molecular weight excluding hydrogens is 244 g/mol. The van der Waals surface area contributed by atoms with E-state index < -0.39 is 0 Å². The minimum Gasteiger partial charge on any atom is -0.396 e. The van der Waals surface area contributed by atoms with E-state index in [9.17, 15) is 15.3 Å². The van der Waals surface area contributed by atoms with Gasteiger partial charge in [0.2, 0.25) is 0 Å². The van der Waals surface area contributed by atoms with Gasteiger partial charge < -0.3 is 20.4 Å². The number of rotatable bonds is 13. The first-order chi connectivity index (χ1) is 9.10. The van der Waals surface area contributed by atoms with Crippen molar-refractivity contribution in [3.05, 3.63) is 6.92 Å². The summed E-state index contributed by atoms with van der Waals surface area (Å²) >= 11 is 0. The Hall–Kier alpha value is -0.160. The summed E-state index contributed by atoms with van der Waals surface area (Å²) < 4.78 is 0. The lowest BCUT2D eigenvalue weighted by molar-refractivity contribution is 0.109. The van der Waals surface area contributed by atoms with Crippen LogP contribution in [0.5, 0.6) is 0 Å². The molecule has 0 aromatic rings. The van der Waals surface area contributed by atoms with E-state index in [1.165, 1.54) is 0 Å². The molecule has 0 heterocycles. The van der Waals surface area contributed by atoms with Gasteiger partial charge >= 0.3 is 0 Å². The average Bonchev–Trinajstić information content (AvgIpc) is 2.36. The van der Waals surface area contributed by atoms with Gasteiger partial charge in [-0.1, -0.05) is 13.3 Å². The molecule has 0 aliphatic heterocycles. The van der Waals surface area contributed by atoms with Crippen molar-refractivity contribution in [3.63, 3.8) is 0 Å². The van der Waals surface area contributed by atoms with Gasteiger partial charge in [-0.2, -0.15) is 0 Å². The Morgan fingerprint density at radius 2 is 1.00 bits per heavy atom. The second-order valence-electron chi connectivity index (χ2n) is 5.33. The van der Waals surface area contributed by atoms with Crippen LogP contribution in [0.2, 0.25) is 0 Å². The van der Waals surface area contributed by atoms with Crippen LogP contribution in [0, 0.1) is 6.92 Å². The summed E-state index contributed by atoms with van der Waals surface area (Å²) in [6.07, 6.45) is 6.20. The molecule has 4 nitrogen and oxygen atoms in total. The molecule has 0 aliphatic carbocycles. The molecule has 115 valence electrons. The molecule has 0 bridgehead atoms. The van der Waals surface area contributed by atoms with Gasteiger partial charge in [-0.3, -0.25) is 0 Å². The summed E-state index contributed by atoms with van der Waals surface area (Å²) in [7, 11) is 0. The molecule has 0 fully saturated rings. The predicted molar refractivity (Wildman–Crippen MR) is 76.6 cm³/mol. The third-order valence-corrected chi connectivity index (χ3v) is 3.38. The van der Waals surface area contributed by atoms with E-state index in [0.717, 1.165) is 32.1 Å². The van der Waals surface area contributed by atoms with Crippen molar-refractivity contribution in [2.24, 2.45) is 0 Å². The molecule has 4 heteroatoms. The van der Waals surface area contributed by atoms with Gasteiger partial charge in [0.1, 0.15) is 0 Å². The molecular formula is C15H31O4. The van der Waals surface area contributed by atoms with Crippen molar-refractivity contribution < 1.29 is 20.4 Å². The minimum atomic E-state index is -0.363. The number of hydrogen-bond acceptors (Lipinski definition) is 4. The lowest BCUT2D eigenvalue weighted by atomic mass is 10.0. The Morgan fingerprint density at radius 3 is 1.37 bits per heavy atom. The van der Waals surface area contributed by atoms with Crippen molar-refractivity contribution in [3.8, 4) is 0 Å². The maximum Gasteiger partial charge on any atom is 0.0541 e. The first-order valence-corrected chi connectivity index (χ1v) is 7.54. The zero-order valence-corrected chi connectivity index (χ0v) is 12.0. The molecule has 1 radical (unpaired) electrons. The van der Waals surface area contributed by atoms with Gasteiger partial charge in [0.05, 0.1) is 18.3 Å². The van der Waals surface area contributed by atoms with E-state index in [2.05, 4.69) is 6.92 Å². The third-order valence-electron chi connectivity index (χ3n) is 3.38. The number of aliphatic hydroxyl groups excluding tert-OH is 4. The number of hydrogen-bond donors (Lipinski definition) is 4. The Labute approximate surface area is 117 Å². The highest BCUT2D eigenvalue weighted by atomic mass is 16.3. The van der Waals surface area contributed by atoms with E-state index >= 15 is 0 Å². The molecule has 4 N–H and O–H groups in total. The maximum absolute atomic E-state index is 9.77. The largest absolute Gasteiger partial charge is 0.396 e. The molecule has 0 aromatic heterocycles. The number of aliphatic hydroxyl groups is 4. The van der Waals surface area contributed by atoms with Crippen LogP contribution < -0.4 is 0 Å². The average molecular weight is 275 g/mol. The predicted octanol–water partition coefficient (Wildman–Crippen LogP) is 1.80. The van der Waals surface area contributed by atoms with E-state index in [1.807, 2.05) is 0 Å². The molecule has 0 rings (SSSR count). The van der Waals surface area contributed by atoms with E-state index in [-0.39, 0.29) is 24.9 Å². The quantitative estimate of drug-likeness (QED) is 0.413. The molecule has 0 aliphatic rings. The fourth-order valence-electron chi connectivity index (χ4n) is 2.17. The minimum absolute atomic E-state index is 0.120. The zero-order valence-electron chi connectivity index (χ0n) is 12.0. The van der Waals surface area contributed by atoms with Crippen molar-refractivity contribution in [2.45, 2.75) is 82.5 Å². The van der Waals surface area contributed by atoms with Crippen LogP contribution in [0.25, 0.3) is 0 Å². The second-order valence-corrected chi connectivity index (χ2v) is 5.33. The van der Waals surface area contributed by atoms with Crippen LogP contribution in [0.1, 0.15) is 64.2 Å². The Balaban J connectivity index is 3.41. The second kappa shape index (κ2) is 12.9. The SMILES string of the molecule is [CH2]CCC(O)CCCC(O)CCCC(O)CCCO.